The van der Waals surface area contributed by atoms with Crippen LogP contribution in [0, 0.1) is 6.92 Å². The number of carbonyl (C=O) groups excluding carboxylic acids is 1. The molecule has 0 atom stereocenters. The van der Waals surface area contributed by atoms with E-state index >= 15 is 0 Å². The molecule has 0 aliphatic heterocycles. The van der Waals surface area contributed by atoms with E-state index in [9.17, 15) is 4.79 Å². The van der Waals surface area contributed by atoms with Crippen molar-refractivity contribution in [2.75, 3.05) is 25.1 Å². The summed E-state index contributed by atoms with van der Waals surface area (Å²) in [5.41, 5.74) is 2.96. The number of fused-ring (bicyclic) bond motifs is 1. The summed E-state index contributed by atoms with van der Waals surface area (Å²) in [6, 6.07) is 19.8. The minimum absolute atomic E-state index is 0.0459. The zero-order valence-corrected chi connectivity index (χ0v) is 17.5. The second kappa shape index (κ2) is 11.3. The summed E-state index contributed by atoms with van der Waals surface area (Å²) >= 11 is 0. The molecule has 0 aromatic heterocycles. The van der Waals surface area contributed by atoms with Crippen LogP contribution in [0.2, 0.25) is 0 Å². The average molecular weight is 407 g/mol. The quantitative estimate of drug-likeness (QED) is 0.412. The molecule has 0 heterocycles. The van der Waals surface area contributed by atoms with Crippen molar-refractivity contribution in [3.63, 3.8) is 0 Å². The van der Waals surface area contributed by atoms with Crippen LogP contribution < -0.4 is 15.4 Å². The van der Waals surface area contributed by atoms with Crippen LogP contribution in [0.15, 0.2) is 60.7 Å². The molecule has 30 heavy (non-hydrogen) atoms. The molecule has 3 aromatic carbocycles. The van der Waals surface area contributed by atoms with Gasteiger partial charge in [-0.2, -0.15) is 0 Å². The van der Waals surface area contributed by atoms with Gasteiger partial charge in [0.25, 0.3) is 5.91 Å². The fourth-order valence-electron chi connectivity index (χ4n) is 3.36. The lowest BCUT2D eigenvalue weighted by Gasteiger charge is -2.15. The zero-order valence-electron chi connectivity index (χ0n) is 17.5. The Balaban J connectivity index is 1.64. The zero-order chi connectivity index (χ0) is 21.2. The van der Waals surface area contributed by atoms with Crippen molar-refractivity contribution < 1.29 is 14.6 Å². The maximum Gasteiger partial charge on any atom is 0.262 e. The normalized spacial score (nSPS) is 10.9. The highest BCUT2D eigenvalue weighted by Gasteiger charge is 2.11. The molecule has 0 aliphatic rings. The van der Waals surface area contributed by atoms with Crippen molar-refractivity contribution in [3.8, 4) is 5.75 Å². The molecule has 0 aliphatic carbocycles. The Hall–Kier alpha value is -2.89. The first-order valence-electron chi connectivity index (χ1n) is 10.5. The first-order valence-corrected chi connectivity index (χ1v) is 10.5. The lowest BCUT2D eigenvalue weighted by Crippen LogP contribution is -2.21. The molecule has 0 unspecified atom stereocenters. The number of hydrogen-bond acceptors (Lipinski definition) is 4. The van der Waals surface area contributed by atoms with Gasteiger partial charge in [0, 0.05) is 24.4 Å². The van der Waals surface area contributed by atoms with Crippen LogP contribution in [-0.2, 0) is 11.3 Å². The molecular weight excluding hydrogens is 376 g/mol. The van der Waals surface area contributed by atoms with E-state index < -0.39 is 0 Å². The Morgan fingerprint density at radius 2 is 1.77 bits per heavy atom. The van der Waals surface area contributed by atoms with Gasteiger partial charge in [-0.25, -0.2) is 0 Å². The van der Waals surface area contributed by atoms with Gasteiger partial charge in [-0.3, -0.25) is 4.79 Å². The summed E-state index contributed by atoms with van der Waals surface area (Å²) in [4.78, 5) is 12.3. The Morgan fingerprint density at radius 3 is 2.57 bits per heavy atom. The molecule has 158 valence electrons. The smallest absolute Gasteiger partial charge is 0.262 e. The van der Waals surface area contributed by atoms with Crippen LogP contribution in [0.3, 0.4) is 0 Å². The number of anilines is 1. The fraction of sp³-hybridized carbons (Fsp3) is 0.320. The second-order valence-corrected chi connectivity index (χ2v) is 7.43. The monoisotopic (exact) mass is 406 g/mol. The number of ether oxygens (including phenoxy) is 1. The van der Waals surface area contributed by atoms with Gasteiger partial charge in [0.2, 0.25) is 0 Å². The van der Waals surface area contributed by atoms with Gasteiger partial charge in [-0.05, 0) is 61.7 Å². The van der Waals surface area contributed by atoms with E-state index in [-0.39, 0.29) is 19.1 Å². The molecular formula is C25H30N2O3. The number of rotatable bonds is 11. The molecule has 5 nitrogen and oxygen atoms in total. The molecule has 0 fully saturated rings. The van der Waals surface area contributed by atoms with E-state index in [4.69, 9.17) is 9.84 Å². The molecule has 0 spiro atoms. The molecule has 1 amide bonds. The minimum Gasteiger partial charge on any atom is -0.483 e. The number of nitrogens with one attached hydrogen (secondary N) is 2. The van der Waals surface area contributed by atoms with Gasteiger partial charge in [0.15, 0.2) is 6.61 Å². The first-order chi connectivity index (χ1) is 14.7. The number of aryl methyl sites for hydroxylation is 1. The molecule has 5 heteroatoms. The summed E-state index contributed by atoms with van der Waals surface area (Å²) in [6.45, 7) is 3.74. The highest BCUT2D eigenvalue weighted by atomic mass is 16.5. The van der Waals surface area contributed by atoms with Crippen molar-refractivity contribution in [2.45, 2.75) is 32.7 Å². The SMILES string of the molecule is Cc1ccc(NC(=O)COc2ccc3ccccc3c2CNCCCCCO)cc1. The Kier molecular flexibility index (Phi) is 8.24. The number of aliphatic hydroxyl groups is 1. The summed E-state index contributed by atoms with van der Waals surface area (Å²) in [7, 11) is 0. The van der Waals surface area contributed by atoms with E-state index in [1.165, 1.54) is 0 Å². The van der Waals surface area contributed by atoms with Crippen LogP contribution in [0.5, 0.6) is 5.75 Å². The van der Waals surface area contributed by atoms with Crippen LogP contribution in [0.25, 0.3) is 10.8 Å². The average Bonchev–Trinajstić information content (AvgIpc) is 2.76. The summed E-state index contributed by atoms with van der Waals surface area (Å²) < 4.78 is 5.91. The van der Waals surface area contributed by atoms with Crippen LogP contribution >= 0.6 is 0 Å². The van der Waals surface area contributed by atoms with E-state index in [2.05, 4.69) is 22.8 Å². The van der Waals surface area contributed by atoms with Crippen LogP contribution in [-0.4, -0.2) is 30.8 Å². The molecule has 3 N–H and O–H groups in total. The van der Waals surface area contributed by atoms with E-state index in [0.29, 0.717) is 6.54 Å². The van der Waals surface area contributed by atoms with Crippen molar-refractivity contribution in [1.82, 2.24) is 5.32 Å². The van der Waals surface area contributed by atoms with E-state index in [1.54, 1.807) is 0 Å². The minimum atomic E-state index is -0.185. The molecule has 0 saturated heterocycles. The number of amides is 1. The number of aliphatic hydroxyl groups excluding tert-OH is 1. The van der Waals surface area contributed by atoms with Crippen LogP contribution in [0.1, 0.15) is 30.4 Å². The Labute approximate surface area is 178 Å². The Bertz CT molecular complexity index is 954. The highest BCUT2D eigenvalue weighted by molar-refractivity contribution is 5.92. The predicted molar refractivity (Wildman–Crippen MR) is 122 cm³/mol. The van der Waals surface area contributed by atoms with Gasteiger partial charge in [-0.1, -0.05) is 48.0 Å². The molecule has 0 radical (unpaired) electrons. The molecule has 0 saturated carbocycles. The van der Waals surface area contributed by atoms with E-state index in [1.807, 2.05) is 55.5 Å². The van der Waals surface area contributed by atoms with Gasteiger partial charge < -0.3 is 20.5 Å². The topological polar surface area (TPSA) is 70.6 Å². The lowest BCUT2D eigenvalue weighted by atomic mass is 10.0. The largest absolute Gasteiger partial charge is 0.483 e. The standard InChI is InChI=1S/C25H30N2O3/c1-19-9-12-21(13-10-19)27-25(29)18-30-24-14-11-20-7-3-4-8-22(20)23(24)17-26-15-5-2-6-16-28/h3-4,7-14,26,28H,2,5-6,15-18H2,1H3,(H,27,29). The number of hydrogen-bond donors (Lipinski definition) is 3. The fourth-order valence-corrected chi connectivity index (χ4v) is 3.36. The highest BCUT2D eigenvalue weighted by Crippen LogP contribution is 2.28. The maximum atomic E-state index is 12.3. The third-order valence-corrected chi connectivity index (χ3v) is 5.01. The van der Waals surface area contributed by atoms with Crippen molar-refractivity contribution >= 4 is 22.4 Å². The van der Waals surface area contributed by atoms with Gasteiger partial charge in [0.05, 0.1) is 0 Å². The first kappa shape index (κ1) is 21.8. The molecule has 3 rings (SSSR count). The number of unbranched alkanes of at least 4 members (excludes halogenated alkanes) is 2. The third-order valence-electron chi connectivity index (χ3n) is 5.01. The summed E-state index contributed by atoms with van der Waals surface area (Å²) in [6.07, 6.45) is 2.85. The summed E-state index contributed by atoms with van der Waals surface area (Å²) in [5.74, 6) is 0.533. The molecule has 0 bridgehead atoms. The van der Waals surface area contributed by atoms with E-state index in [0.717, 1.165) is 59.1 Å². The van der Waals surface area contributed by atoms with Gasteiger partial charge >= 0.3 is 0 Å². The third kappa shape index (κ3) is 6.31. The lowest BCUT2D eigenvalue weighted by molar-refractivity contribution is -0.118. The van der Waals surface area contributed by atoms with Crippen molar-refractivity contribution in [1.29, 1.82) is 0 Å². The summed E-state index contributed by atoms with van der Waals surface area (Å²) in [5, 5.41) is 17.5. The predicted octanol–water partition coefficient (Wildman–Crippen LogP) is 4.42. The van der Waals surface area contributed by atoms with Crippen molar-refractivity contribution in [2.24, 2.45) is 0 Å². The maximum absolute atomic E-state index is 12.3. The van der Waals surface area contributed by atoms with Gasteiger partial charge in [0.1, 0.15) is 5.75 Å². The van der Waals surface area contributed by atoms with Crippen LogP contribution in [0.4, 0.5) is 5.69 Å². The van der Waals surface area contributed by atoms with Crippen molar-refractivity contribution in [3.05, 3.63) is 71.8 Å². The van der Waals surface area contributed by atoms with Gasteiger partial charge in [-0.15, -0.1) is 0 Å². The number of carbonyl (C=O) groups is 1. The second-order valence-electron chi connectivity index (χ2n) is 7.43. The Morgan fingerprint density at radius 1 is 0.967 bits per heavy atom. The molecule has 3 aromatic rings. The number of benzene rings is 3.